The van der Waals surface area contributed by atoms with E-state index >= 15 is 0 Å². The molecule has 0 saturated carbocycles. The molecule has 0 aromatic carbocycles. The Kier molecular flexibility index (Phi) is 3.31. The van der Waals surface area contributed by atoms with Crippen LogP contribution in [0.4, 0.5) is 10.2 Å². The smallest absolute Gasteiger partial charge is 0.167 e. The van der Waals surface area contributed by atoms with Gasteiger partial charge in [0, 0.05) is 16.2 Å². The molecule has 1 radical (unpaired) electrons. The van der Waals surface area contributed by atoms with Crippen LogP contribution in [0, 0.1) is 9.99 Å². The van der Waals surface area contributed by atoms with Crippen molar-refractivity contribution in [2.24, 2.45) is 0 Å². The lowest BCUT2D eigenvalue weighted by atomic mass is 10.2. The SMILES string of the molecule is Nc1ncnc2c1c(I)cn2[C@@H]1O[C@@H](CO)[CH][C@@H]1F. The van der Waals surface area contributed by atoms with Gasteiger partial charge < -0.3 is 20.1 Å². The number of anilines is 1. The van der Waals surface area contributed by atoms with Crippen molar-refractivity contribution in [1.82, 2.24) is 14.5 Å². The van der Waals surface area contributed by atoms with Crippen molar-refractivity contribution >= 4 is 39.4 Å². The Labute approximate surface area is 121 Å². The van der Waals surface area contributed by atoms with Crippen molar-refractivity contribution in [2.45, 2.75) is 18.5 Å². The largest absolute Gasteiger partial charge is 0.394 e. The van der Waals surface area contributed by atoms with Crippen molar-refractivity contribution in [3.05, 3.63) is 22.5 Å². The van der Waals surface area contributed by atoms with Gasteiger partial charge in [0.1, 0.15) is 17.8 Å². The molecule has 0 bridgehead atoms. The summed E-state index contributed by atoms with van der Waals surface area (Å²) >= 11 is 2.09. The molecule has 0 unspecified atom stereocenters. The van der Waals surface area contributed by atoms with Crippen LogP contribution in [0.3, 0.4) is 0 Å². The van der Waals surface area contributed by atoms with Gasteiger partial charge in [-0.15, -0.1) is 0 Å². The van der Waals surface area contributed by atoms with Crippen LogP contribution in [-0.4, -0.2) is 38.5 Å². The number of fused-ring (bicyclic) bond motifs is 1. The summed E-state index contributed by atoms with van der Waals surface area (Å²) in [5.74, 6) is 0.351. The number of nitrogens with zero attached hydrogens (tertiary/aromatic N) is 3. The lowest BCUT2D eigenvalue weighted by molar-refractivity contribution is -0.0330. The van der Waals surface area contributed by atoms with Crippen LogP contribution >= 0.6 is 22.6 Å². The van der Waals surface area contributed by atoms with Crippen molar-refractivity contribution in [1.29, 1.82) is 0 Å². The summed E-state index contributed by atoms with van der Waals surface area (Å²) in [6.45, 7) is -0.246. The summed E-state index contributed by atoms with van der Waals surface area (Å²) in [5.41, 5.74) is 6.33. The first-order chi connectivity index (χ1) is 9.11. The van der Waals surface area contributed by atoms with Gasteiger partial charge in [0.15, 0.2) is 12.4 Å². The first-order valence-corrected chi connectivity index (χ1v) is 6.71. The van der Waals surface area contributed by atoms with Crippen molar-refractivity contribution in [2.75, 3.05) is 12.3 Å². The summed E-state index contributed by atoms with van der Waals surface area (Å²) < 4.78 is 21.8. The molecule has 3 rings (SSSR count). The number of aromatic nitrogens is 3. The molecule has 19 heavy (non-hydrogen) atoms. The second-order valence-corrected chi connectivity index (χ2v) is 5.39. The highest BCUT2D eigenvalue weighted by atomic mass is 127. The number of nitrogen functional groups attached to an aromatic ring is 1. The Morgan fingerprint density at radius 3 is 3.00 bits per heavy atom. The predicted molar refractivity (Wildman–Crippen MR) is 74.8 cm³/mol. The molecule has 101 valence electrons. The molecule has 0 aliphatic carbocycles. The van der Waals surface area contributed by atoms with Crippen LogP contribution < -0.4 is 5.73 Å². The van der Waals surface area contributed by atoms with E-state index in [9.17, 15) is 4.39 Å². The second-order valence-electron chi connectivity index (χ2n) is 4.23. The van der Waals surface area contributed by atoms with Crippen LogP contribution in [-0.2, 0) is 4.74 Å². The number of aliphatic hydroxyl groups excluding tert-OH is 1. The maximum atomic E-state index is 14.0. The topological polar surface area (TPSA) is 86.2 Å². The Hall–Kier alpha value is -1.00. The molecular weight excluding hydrogens is 366 g/mol. The highest BCUT2D eigenvalue weighted by Gasteiger charge is 2.37. The molecule has 3 atom stereocenters. The molecule has 8 heteroatoms. The van der Waals surface area contributed by atoms with Crippen molar-refractivity contribution < 1.29 is 14.2 Å². The fraction of sp³-hybridized carbons (Fsp3) is 0.364. The second kappa shape index (κ2) is 4.84. The monoisotopic (exact) mass is 377 g/mol. The minimum absolute atomic E-state index is 0.246. The van der Waals surface area contributed by atoms with E-state index in [1.54, 1.807) is 10.8 Å². The lowest BCUT2D eigenvalue weighted by Crippen LogP contribution is -2.16. The Morgan fingerprint density at radius 1 is 1.53 bits per heavy atom. The minimum atomic E-state index is -1.31. The van der Waals surface area contributed by atoms with E-state index in [4.69, 9.17) is 15.6 Å². The average Bonchev–Trinajstić information content (AvgIpc) is 2.91. The molecule has 3 N–H and O–H groups in total. The number of aliphatic hydroxyl groups is 1. The van der Waals surface area contributed by atoms with Gasteiger partial charge >= 0.3 is 0 Å². The van der Waals surface area contributed by atoms with Crippen molar-refractivity contribution in [3.8, 4) is 0 Å². The van der Waals surface area contributed by atoms with Crippen LogP contribution in [0.25, 0.3) is 11.0 Å². The van der Waals surface area contributed by atoms with E-state index in [1.807, 2.05) is 0 Å². The summed E-state index contributed by atoms with van der Waals surface area (Å²) in [5, 5.41) is 9.72. The van der Waals surface area contributed by atoms with Gasteiger partial charge in [-0.05, 0) is 22.6 Å². The normalized spacial score (nSPS) is 27.2. The molecule has 2 aromatic rings. The van der Waals surface area contributed by atoms with Crippen LogP contribution in [0.1, 0.15) is 6.23 Å². The van der Waals surface area contributed by atoms with Crippen LogP contribution in [0.15, 0.2) is 12.5 Å². The molecule has 1 fully saturated rings. The zero-order chi connectivity index (χ0) is 13.6. The Morgan fingerprint density at radius 2 is 2.32 bits per heavy atom. The number of alkyl halides is 1. The molecule has 0 amide bonds. The number of hydrogen-bond acceptors (Lipinski definition) is 5. The molecule has 3 heterocycles. The summed E-state index contributed by atoms with van der Waals surface area (Å²) in [4.78, 5) is 8.06. The van der Waals surface area contributed by atoms with Gasteiger partial charge in [-0.3, -0.25) is 0 Å². The molecule has 1 aliphatic heterocycles. The fourth-order valence-electron chi connectivity index (χ4n) is 2.18. The lowest BCUT2D eigenvalue weighted by Gasteiger charge is -2.15. The summed E-state index contributed by atoms with van der Waals surface area (Å²) in [7, 11) is 0. The van der Waals surface area contributed by atoms with E-state index in [-0.39, 0.29) is 6.61 Å². The highest BCUT2D eigenvalue weighted by Crippen LogP contribution is 2.35. The van der Waals surface area contributed by atoms with E-state index < -0.39 is 18.5 Å². The quantitative estimate of drug-likeness (QED) is 0.765. The van der Waals surface area contributed by atoms with Gasteiger partial charge in [0.25, 0.3) is 0 Å². The van der Waals surface area contributed by atoms with Gasteiger partial charge in [0.2, 0.25) is 0 Å². The number of hydrogen-bond donors (Lipinski definition) is 2. The average molecular weight is 377 g/mol. The Bertz CT molecular complexity index is 620. The maximum absolute atomic E-state index is 14.0. The third-order valence-corrected chi connectivity index (χ3v) is 3.85. The standard InChI is InChI=1S/C11H11FIN4O2/c12-6-1-5(3-18)19-11(6)17-2-7(13)8-9(14)15-4-16-10(8)17/h1-2,4-6,11,18H,3H2,(H2,14,15,16)/t5-,6+,11-/m1/s1. The predicted octanol–water partition coefficient (Wildman–Crippen LogP) is 1.05. The minimum Gasteiger partial charge on any atom is -0.394 e. The zero-order valence-corrected chi connectivity index (χ0v) is 11.9. The highest BCUT2D eigenvalue weighted by molar-refractivity contribution is 14.1. The number of halogens is 2. The molecule has 2 aromatic heterocycles. The number of ether oxygens (including phenoxy) is 1. The molecular formula is C11H11FIN4O2. The fourth-order valence-corrected chi connectivity index (χ4v) is 3.00. The van der Waals surface area contributed by atoms with Gasteiger partial charge in [-0.1, -0.05) is 0 Å². The van der Waals surface area contributed by atoms with Gasteiger partial charge in [-0.2, -0.15) is 0 Å². The van der Waals surface area contributed by atoms with E-state index in [0.717, 1.165) is 3.57 Å². The molecule has 6 nitrogen and oxygen atoms in total. The molecule has 0 spiro atoms. The molecule has 1 aliphatic rings. The summed E-state index contributed by atoms with van der Waals surface area (Å²) in [6, 6.07) is 0. The number of nitrogens with two attached hydrogens (primary N) is 1. The third kappa shape index (κ3) is 2.07. The van der Waals surface area contributed by atoms with Crippen LogP contribution in [0.2, 0.25) is 0 Å². The number of rotatable bonds is 2. The van der Waals surface area contributed by atoms with E-state index in [0.29, 0.717) is 16.9 Å². The van der Waals surface area contributed by atoms with Crippen LogP contribution in [0.5, 0.6) is 0 Å². The van der Waals surface area contributed by atoms with Gasteiger partial charge in [-0.25, -0.2) is 14.4 Å². The van der Waals surface area contributed by atoms with Gasteiger partial charge in [0.05, 0.1) is 18.1 Å². The van der Waals surface area contributed by atoms with E-state index in [2.05, 4.69) is 32.6 Å². The van der Waals surface area contributed by atoms with E-state index in [1.165, 1.54) is 12.7 Å². The molecule has 1 saturated heterocycles. The Balaban J connectivity index is 2.09. The first-order valence-electron chi connectivity index (χ1n) is 5.63. The first kappa shape index (κ1) is 13.0. The zero-order valence-electron chi connectivity index (χ0n) is 9.70. The summed E-state index contributed by atoms with van der Waals surface area (Å²) in [6.07, 6.45) is 1.65. The maximum Gasteiger partial charge on any atom is 0.167 e. The van der Waals surface area contributed by atoms with Crippen molar-refractivity contribution in [3.63, 3.8) is 0 Å². The third-order valence-electron chi connectivity index (χ3n) is 3.03.